The molecule has 11 rings (SSSR count). The van der Waals surface area contributed by atoms with Crippen LogP contribution in [0.25, 0.3) is 83.1 Å². The van der Waals surface area contributed by atoms with Crippen molar-refractivity contribution in [1.29, 1.82) is 0 Å². The molecule has 0 aliphatic rings. The van der Waals surface area contributed by atoms with Crippen molar-refractivity contribution >= 4 is 38.9 Å². The van der Waals surface area contributed by atoms with Crippen molar-refractivity contribution in [3.63, 3.8) is 0 Å². The van der Waals surface area contributed by atoms with Gasteiger partial charge < -0.3 is 9.47 Å². The van der Waals surface area contributed by atoms with Crippen LogP contribution >= 0.6 is 0 Å². The average Bonchev–Trinajstić information content (AvgIpc) is 3.69. The van der Waals surface area contributed by atoms with Gasteiger partial charge in [-0.2, -0.15) is 0 Å². The highest BCUT2D eigenvalue weighted by Gasteiger charge is 2.24. The van der Waals surface area contributed by atoms with Crippen LogP contribution in [0, 0.1) is 0 Å². The molecule has 0 radical (unpaired) electrons. The number of rotatable bonds is 9. The molecule has 0 N–H and O–H groups in total. The maximum absolute atomic E-state index is 2.46. The second kappa shape index (κ2) is 16.1. The minimum Gasteiger partial charge on any atom is -0.309 e. The first-order valence-electron chi connectivity index (χ1n) is 21.3. The van der Waals surface area contributed by atoms with Gasteiger partial charge >= 0.3 is 0 Å². The zero-order valence-electron chi connectivity index (χ0n) is 34.1. The van der Waals surface area contributed by atoms with E-state index < -0.39 is 0 Å². The predicted octanol–water partition coefficient (Wildman–Crippen LogP) is 16.6. The summed E-state index contributed by atoms with van der Waals surface area (Å²) >= 11 is 0. The lowest BCUT2D eigenvalue weighted by Crippen LogP contribution is -2.13. The summed E-state index contributed by atoms with van der Waals surface area (Å²) in [4.78, 5) is 2.46. The molecular weight excluding hydrogens is 749 g/mol. The molecule has 10 aromatic carbocycles. The van der Waals surface area contributed by atoms with Crippen LogP contribution in [0.2, 0.25) is 0 Å². The fourth-order valence-electron chi connectivity index (χ4n) is 9.19. The molecule has 0 atom stereocenters. The molecule has 11 aromatic rings. The normalized spacial score (nSPS) is 11.2. The van der Waals surface area contributed by atoms with Crippen molar-refractivity contribution in [2.24, 2.45) is 0 Å². The fourth-order valence-corrected chi connectivity index (χ4v) is 9.19. The minimum atomic E-state index is 1.07. The van der Waals surface area contributed by atoms with E-state index in [4.69, 9.17) is 0 Å². The number of nitrogens with zero attached hydrogens (tertiary/aromatic N) is 2. The Bertz CT molecular complexity index is 3310. The number of anilines is 3. The third-order valence-electron chi connectivity index (χ3n) is 12.0. The Labute approximate surface area is 362 Å². The Morgan fingerprint density at radius 3 is 1.45 bits per heavy atom. The Kier molecular flexibility index (Phi) is 9.57. The van der Waals surface area contributed by atoms with Crippen LogP contribution in [0.15, 0.2) is 255 Å². The van der Waals surface area contributed by atoms with Gasteiger partial charge in [0.2, 0.25) is 0 Å². The molecule has 0 amide bonds. The van der Waals surface area contributed by atoms with E-state index in [2.05, 4.69) is 264 Å². The molecule has 292 valence electrons. The summed E-state index contributed by atoms with van der Waals surface area (Å²) < 4.78 is 2.39. The highest BCUT2D eigenvalue weighted by atomic mass is 15.1. The van der Waals surface area contributed by atoms with Crippen LogP contribution in [0.3, 0.4) is 0 Å². The first-order valence-corrected chi connectivity index (χ1v) is 21.3. The van der Waals surface area contributed by atoms with E-state index in [-0.39, 0.29) is 0 Å². The summed E-state index contributed by atoms with van der Waals surface area (Å²) in [6.07, 6.45) is 0. The maximum atomic E-state index is 2.46. The maximum Gasteiger partial charge on any atom is 0.0547 e. The van der Waals surface area contributed by atoms with Crippen LogP contribution in [0.1, 0.15) is 0 Å². The highest BCUT2D eigenvalue weighted by Crippen LogP contribution is 2.50. The lowest BCUT2D eigenvalue weighted by molar-refractivity contribution is 1.18. The molecule has 0 aliphatic heterocycles. The summed E-state index contributed by atoms with van der Waals surface area (Å²) in [5.41, 5.74) is 18.5. The number of fused-ring (bicyclic) bond motifs is 3. The van der Waals surface area contributed by atoms with Crippen molar-refractivity contribution in [2.45, 2.75) is 0 Å². The smallest absolute Gasteiger partial charge is 0.0547 e. The minimum absolute atomic E-state index is 1.07. The average molecular weight is 791 g/mol. The molecule has 2 nitrogen and oxygen atoms in total. The van der Waals surface area contributed by atoms with Crippen LogP contribution in [-0.2, 0) is 0 Å². The highest BCUT2D eigenvalue weighted by molar-refractivity contribution is 6.10. The van der Waals surface area contributed by atoms with Crippen molar-refractivity contribution in [2.75, 3.05) is 4.90 Å². The van der Waals surface area contributed by atoms with Gasteiger partial charge in [0.15, 0.2) is 0 Å². The second-order valence-electron chi connectivity index (χ2n) is 15.7. The van der Waals surface area contributed by atoms with Crippen LogP contribution < -0.4 is 4.90 Å². The molecule has 0 unspecified atom stereocenters. The van der Waals surface area contributed by atoms with Gasteiger partial charge in [-0.05, 0) is 93.0 Å². The summed E-state index contributed by atoms with van der Waals surface area (Å²) in [5.74, 6) is 0. The molecule has 62 heavy (non-hydrogen) atoms. The Balaban J connectivity index is 1.13. The Hall–Kier alpha value is -8.20. The van der Waals surface area contributed by atoms with Crippen molar-refractivity contribution in [3.8, 4) is 61.3 Å². The molecular formula is C60H42N2. The van der Waals surface area contributed by atoms with Crippen molar-refractivity contribution < 1.29 is 0 Å². The van der Waals surface area contributed by atoms with Gasteiger partial charge in [-0.15, -0.1) is 0 Å². The predicted molar refractivity (Wildman–Crippen MR) is 263 cm³/mol. The van der Waals surface area contributed by atoms with Crippen molar-refractivity contribution in [1.82, 2.24) is 4.57 Å². The van der Waals surface area contributed by atoms with Gasteiger partial charge in [-0.25, -0.2) is 0 Å². The topological polar surface area (TPSA) is 8.17 Å². The van der Waals surface area contributed by atoms with Crippen LogP contribution in [0.5, 0.6) is 0 Å². The number of hydrogen-bond donors (Lipinski definition) is 0. The Morgan fingerprint density at radius 2 is 0.758 bits per heavy atom. The molecule has 2 heteroatoms. The van der Waals surface area contributed by atoms with E-state index in [1.165, 1.54) is 60.8 Å². The second-order valence-corrected chi connectivity index (χ2v) is 15.7. The molecule has 1 aromatic heterocycles. The summed E-state index contributed by atoms with van der Waals surface area (Å²) in [6, 6.07) is 92.1. The SMILES string of the molecule is c1ccc(-c2ccccc2-c2c(-c3ccccc3)cccc2N(c2ccc(-c3ccc4c5ccccc5n(-c5ccccc5)c4c3)cc2)c2ccccc2-c2ccccc2)cc1. The lowest BCUT2D eigenvalue weighted by atomic mass is 9.87. The summed E-state index contributed by atoms with van der Waals surface area (Å²) in [6.45, 7) is 0. The van der Waals surface area contributed by atoms with Gasteiger partial charge in [0.1, 0.15) is 0 Å². The van der Waals surface area contributed by atoms with Gasteiger partial charge in [0.25, 0.3) is 0 Å². The Morgan fingerprint density at radius 1 is 0.274 bits per heavy atom. The van der Waals surface area contributed by atoms with E-state index in [1.807, 2.05) is 0 Å². The molecule has 0 saturated heterocycles. The monoisotopic (exact) mass is 790 g/mol. The number of benzene rings is 10. The van der Waals surface area contributed by atoms with E-state index in [1.54, 1.807) is 0 Å². The lowest BCUT2D eigenvalue weighted by Gasteiger charge is -2.31. The van der Waals surface area contributed by atoms with Crippen LogP contribution in [0.4, 0.5) is 17.1 Å². The number of para-hydroxylation sites is 3. The molecule has 0 aliphatic carbocycles. The zero-order valence-corrected chi connectivity index (χ0v) is 34.1. The van der Waals surface area contributed by atoms with Crippen LogP contribution in [-0.4, -0.2) is 4.57 Å². The number of hydrogen-bond acceptors (Lipinski definition) is 1. The third kappa shape index (κ3) is 6.65. The first-order chi connectivity index (χ1) is 30.8. The third-order valence-corrected chi connectivity index (χ3v) is 12.0. The van der Waals surface area contributed by atoms with Crippen molar-refractivity contribution in [3.05, 3.63) is 255 Å². The summed E-state index contributed by atoms with van der Waals surface area (Å²) in [7, 11) is 0. The van der Waals surface area contributed by atoms with E-state index in [0.29, 0.717) is 0 Å². The molecule has 0 saturated carbocycles. The standard InChI is InChI=1S/C60H42N2/c1-5-20-44(21-6-1)50-28-13-14-31-55(50)60-52(46-24-9-3-10-25-46)32-19-35-58(60)61(56-33-17-15-29-51(56)45-22-7-2-8-23-45)49-39-36-43(37-40-49)47-38-41-54-53-30-16-18-34-57(53)62(59(54)42-47)48-26-11-4-12-27-48/h1-42H. The van der Waals surface area contributed by atoms with Gasteiger partial charge in [0.05, 0.1) is 22.4 Å². The van der Waals surface area contributed by atoms with E-state index >= 15 is 0 Å². The molecule has 0 fully saturated rings. The van der Waals surface area contributed by atoms with Gasteiger partial charge in [-0.1, -0.05) is 206 Å². The van der Waals surface area contributed by atoms with E-state index in [9.17, 15) is 0 Å². The zero-order chi connectivity index (χ0) is 41.2. The first kappa shape index (κ1) is 36.8. The largest absolute Gasteiger partial charge is 0.309 e. The molecule has 1 heterocycles. The summed E-state index contributed by atoms with van der Waals surface area (Å²) in [5, 5.41) is 2.50. The molecule has 0 bridgehead atoms. The fraction of sp³-hybridized carbons (Fsp3) is 0. The molecule has 0 spiro atoms. The van der Waals surface area contributed by atoms with Gasteiger partial charge in [-0.3, -0.25) is 0 Å². The quantitative estimate of drug-likeness (QED) is 0.141. The van der Waals surface area contributed by atoms with Gasteiger partial charge in [0, 0.05) is 33.3 Å². The van der Waals surface area contributed by atoms with E-state index in [0.717, 1.165) is 39.4 Å². The number of aromatic nitrogens is 1.